The van der Waals surface area contributed by atoms with E-state index in [2.05, 4.69) is 5.32 Å². The van der Waals surface area contributed by atoms with Gasteiger partial charge >= 0.3 is 24.4 Å². The minimum atomic E-state index is -5.10. The summed E-state index contributed by atoms with van der Waals surface area (Å²) in [6, 6.07) is 3.72. The van der Waals surface area contributed by atoms with Crippen molar-refractivity contribution in [3.63, 3.8) is 0 Å². The van der Waals surface area contributed by atoms with Gasteiger partial charge < -0.3 is 15.1 Å². The molecular formula is C27H31F7N4O4S. The Morgan fingerprint density at radius 2 is 1.44 bits per heavy atom. The van der Waals surface area contributed by atoms with Crippen LogP contribution in [-0.2, 0) is 12.4 Å². The summed E-state index contributed by atoms with van der Waals surface area (Å²) in [4.78, 5) is 29.9. The highest BCUT2D eigenvalue weighted by atomic mass is 32.3. The maximum Gasteiger partial charge on any atom is 0.416 e. The standard InChI is InChI=1S/C27H31F7N4O4S/c1-36(21-12-17(26(29,30)31)11-18(13-21)27(32,33)34)25(40)37(2)23-15-38(14-22(23)16-3-5-19(28)6-4-16)24(39)35-20-7-9-43(41,42)10-8-20/h3-6,11-13,20,22-23,41-42H,7-10,14-15H2,1-2H3,(H,35,39)/t22-,23+/m0/s1. The van der Waals surface area contributed by atoms with Gasteiger partial charge in [-0.2, -0.15) is 36.9 Å². The zero-order valence-electron chi connectivity index (χ0n) is 23.1. The van der Waals surface area contributed by atoms with Gasteiger partial charge in [-0.15, -0.1) is 0 Å². The van der Waals surface area contributed by atoms with Crippen LogP contribution < -0.4 is 10.2 Å². The Kier molecular flexibility index (Phi) is 9.14. The van der Waals surface area contributed by atoms with Crippen LogP contribution in [0.1, 0.15) is 35.4 Å². The fourth-order valence-electron chi connectivity index (χ4n) is 5.32. The van der Waals surface area contributed by atoms with Crippen LogP contribution in [0.5, 0.6) is 0 Å². The lowest BCUT2D eigenvalue weighted by atomic mass is 9.93. The molecule has 238 valence electrons. The Bertz CT molecular complexity index is 1300. The lowest BCUT2D eigenvalue weighted by molar-refractivity contribution is -0.143. The van der Waals surface area contributed by atoms with Gasteiger partial charge in [0.2, 0.25) is 0 Å². The number of alkyl halides is 6. The highest BCUT2D eigenvalue weighted by Crippen LogP contribution is 2.44. The summed E-state index contributed by atoms with van der Waals surface area (Å²) < 4.78 is 114. The highest BCUT2D eigenvalue weighted by Gasteiger charge is 2.42. The molecule has 16 heteroatoms. The van der Waals surface area contributed by atoms with Gasteiger partial charge in [0.15, 0.2) is 0 Å². The van der Waals surface area contributed by atoms with Crippen LogP contribution in [0.2, 0.25) is 0 Å². The quantitative estimate of drug-likeness (QED) is 0.335. The second-order valence-corrected chi connectivity index (χ2v) is 13.2. The molecule has 0 unspecified atom stereocenters. The van der Waals surface area contributed by atoms with Crippen LogP contribution in [0.3, 0.4) is 0 Å². The summed E-state index contributed by atoms with van der Waals surface area (Å²) in [6.45, 7) is 0.0371. The molecule has 2 saturated heterocycles. The number of carbonyl (C=O) groups is 2. The number of likely N-dealkylation sites (tertiary alicyclic amines) is 1. The fraction of sp³-hybridized carbons (Fsp3) is 0.481. The molecule has 2 aliphatic rings. The Morgan fingerprint density at radius 3 is 1.95 bits per heavy atom. The normalized spacial score (nSPS) is 21.8. The molecule has 2 aromatic rings. The van der Waals surface area contributed by atoms with Crippen LogP contribution in [0.15, 0.2) is 42.5 Å². The highest BCUT2D eigenvalue weighted by molar-refractivity contribution is 8.24. The molecule has 8 nitrogen and oxygen atoms in total. The first kappa shape index (κ1) is 32.7. The third-order valence-electron chi connectivity index (χ3n) is 7.83. The monoisotopic (exact) mass is 640 g/mol. The molecule has 0 aromatic heterocycles. The number of rotatable bonds is 4. The van der Waals surface area contributed by atoms with E-state index >= 15 is 0 Å². The van der Waals surface area contributed by atoms with Crippen molar-refractivity contribution in [1.82, 2.24) is 15.1 Å². The lowest BCUT2D eigenvalue weighted by Gasteiger charge is -2.39. The predicted molar refractivity (Wildman–Crippen MR) is 147 cm³/mol. The molecule has 2 atom stereocenters. The van der Waals surface area contributed by atoms with Crippen molar-refractivity contribution in [3.8, 4) is 0 Å². The van der Waals surface area contributed by atoms with Crippen molar-refractivity contribution >= 4 is 28.3 Å². The predicted octanol–water partition coefficient (Wildman–Crippen LogP) is 6.44. The number of urea groups is 2. The summed E-state index contributed by atoms with van der Waals surface area (Å²) in [5.41, 5.74) is -3.21. The SMILES string of the molecule is CN(C(=O)N(C)[C@@H]1CN(C(=O)NC2CCS(O)(O)CC2)C[C@H]1c1ccc(F)cc1)c1cc(C(F)(F)F)cc(C(F)(F)F)c1. The average molecular weight is 641 g/mol. The minimum Gasteiger partial charge on any atom is -0.335 e. The molecule has 0 spiro atoms. The number of anilines is 1. The first-order valence-electron chi connectivity index (χ1n) is 13.2. The molecule has 2 aliphatic heterocycles. The summed E-state index contributed by atoms with van der Waals surface area (Å²) in [7, 11) is -0.296. The van der Waals surface area contributed by atoms with Crippen molar-refractivity contribution in [2.75, 3.05) is 43.6 Å². The molecule has 0 bridgehead atoms. The topological polar surface area (TPSA) is 96.4 Å². The Labute approximate surface area is 244 Å². The summed E-state index contributed by atoms with van der Waals surface area (Å²) in [5.74, 6) is -0.799. The summed E-state index contributed by atoms with van der Waals surface area (Å²) in [5, 5.41) is 2.85. The van der Waals surface area contributed by atoms with E-state index in [1.807, 2.05) is 0 Å². The zero-order chi connectivity index (χ0) is 31.9. The van der Waals surface area contributed by atoms with Crippen LogP contribution >= 0.6 is 10.6 Å². The molecule has 2 aromatic carbocycles. The average Bonchev–Trinajstić information content (AvgIpc) is 3.38. The van der Waals surface area contributed by atoms with Crippen molar-refractivity contribution in [3.05, 3.63) is 65.0 Å². The van der Waals surface area contributed by atoms with Crippen LogP contribution in [0, 0.1) is 5.82 Å². The number of carbonyl (C=O) groups excluding carboxylic acids is 2. The van der Waals surface area contributed by atoms with E-state index in [1.54, 1.807) is 0 Å². The molecule has 43 heavy (non-hydrogen) atoms. The number of likely N-dealkylation sites (N-methyl/N-ethyl adjacent to an activating group) is 1. The number of amides is 4. The largest absolute Gasteiger partial charge is 0.416 e. The Balaban J connectivity index is 1.58. The van der Waals surface area contributed by atoms with E-state index in [1.165, 1.54) is 36.2 Å². The van der Waals surface area contributed by atoms with Crippen LogP contribution in [0.25, 0.3) is 0 Å². The second-order valence-electron chi connectivity index (χ2n) is 10.8. The van der Waals surface area contributed by atoms with Crippen LogP contribution in [0.4, 0.5) is 46.0 Å². The van der Waals surface area contributed by atoms with Gasteiger partial charge in [-0.25, -0.2) is 14.0 Å². The van der Waals surface area contributed by atoms with E-state index in [4.69, 9.17) is 0 Å². The maximum absolute atomic E-state index is 13.7. The molecule has 3 N–H and O–H groups in total. The van der Waals surface area contributed by atoms with E-state index in [9.17, 15) is 49.4 Å². The van der Waals surface area contributed by atoms with Gasteiger partial charge in [-0.1, -0.05) is 12.1 Å². The maximum atomic E-state index is 13.7. The number of hydrogen-bond acceptors (Lipinski definition) is 4. The smallest absolute Gasteiger partial charge is 0.335 e. The van der Waals surface area contributed by atoms with Gasteiger partial charge in [0.05, 0.1) is 17.2 Å². The molecule has 4 amide bonds. The third-order valence-corrected chi connectivity index (χ3v) is 9.61. The molecule has 4 rings (SSSR count). The second kappa shape index (κ2) is 12.0. The van der Waals surface area contributed by atoms with E-state index in [-0.39, 0.29) is 36.7 Å². The van der Waals surface area contributed by atoms with E-state index in [0.717, 1.165) is 11.9 Å². The Morgan fingerprint density at radius 1 is 0.907 bits per heavy atom. The van der Waals surface area contributed by atoms with Gasteiger partial charge in [0, 0.05) is 56.3 Å². The molecule has 0 radical (unpaired) electrons. The van der Waals surface area contributed by atoms with Crippen LogP contribution in [-0.4, -0.2) is 81.7 Å². The molecular weight excluding hydrogens is 609 g/mol. The first-order valence-corrected chi connectivity index (χ1v) is 15.1. The summed E-state index contributed by atoms with van der Waals surface area (Å²) in [6.07, 6.45) is -9.50. The van der Waals surface area contributed by atoms with Gasteiger partial charge in [-0.3, -0.25) is 14.0 Å². The number of benzene rings is 2. The number of nitrogens with zero attached hydrogens (tertiary/aromatic N) is 3. The molecule has 0 aliphatic carbocycles. The fourth-order valence-corrected chi connectivity index (χ4v) is 6.85. The Hall–Kier alpha value is -3.24. The zero-order valence-corrected chi connectivity index (χ0v) is 23.9. The molecule has 2 heterocycles. The van der Waals surface area contributed by atoms with Crippen molar-refractivity contribution in [2.24, 2.45) is 0 Å². The minimum absolute atomic E-state index is 0.0295. The summed E-state index contributed by atoms with van der Waals surface area (Å²) >= 11 is 0. The number of hydrogen-bond donors (Lipinski definition) is 3. The van der Waals surface area contributed by atoms with Gasteiger partial charge in [-0.05, 0) is 48.7 Å². The van der Waals surface area contributed by atoms with Crippen molar-refractivity contribution < 1.29 is 49.4 Å². The van der Waals surface area contributed by atoms with E-state index in [0.29, 0.717) is 35.4 Å². The van der Waals surface area contributed by atoms with Crippen molar-refractivity contribution in [1.29, 1.82) is 0 Å². The first-order chi connectivity index (χ1) is 19.9. The number of halogens is 7. The molecule has 2 fully saturated rings. The van der Waals surface area contributed by atoms with Gasteiger partial charge in [0.25, 0.3) is 0 Å². The third kappa shape index (κ3) is 7.65. The number of nitrogens with one attached hydrogen (secondary N) is 1. The van der Waals surface area contributed by atoms with Gasteiger partial charge in [0.1, 0.15) is 5.82 Å². The lowest BCUT2D eigenvalue weighted by Crippen LogP contribution is -2.49. The molecule has 0 saturated carbocycles. The van der Waals surface area contributed by atoms with Crippen molar-refractivity contribution in [2.45, 2.75) is 43.2 Å². The van der Waals surface area contributed by atoms with E-state index < -0.39 is 69.6 Å².